The van der Waals surface area contributed by atoms with Gasteiger partial charge in [-0.15, -0.1) is 24.0 Å². The third-order valence-electron chi connectivity index (χ3n) is 4.37. The Morgan fingerprint density at radius 2 is 2.00 bits per heavy atom. The molecule has 6 nitrogen and oxygen atoms in total. The number of aliphatic imine (C=N–C) groups is 1. The van der Waals surface area contributed by atoms with Crippen molar-refractivity contribution in [2.45, 2.75) is 44.5 Å². The number of halogens is 1. The van der Waals surface area contributed by atoms with E-state index in [1.54, 1.807) is 0 Å². The molecule has 1 heterocycles. The number of hydrogen-bond acceptors (Lipinski definition) is 4. The summed E-state index contributed by atoms with van der Waals surface area (Å²) in [4.78, 5) is 4.59. The molecule has 1 aromatic rings. The zero-order chi connectivity index (χ0) is 18.9. The molecule has 1 aliphatic heterocycles. The van der Waals surface area contributed by atoms with Gasteiger partial charge in [0.05, 0.1) is 23.7 Å². The predicted molar refractivity (Wildman–Crippen MR) is 122 cm³/mol. The maximum absolute atomic E-state index is 12.2. The molecule has 2 N–H and O–H groups in total. The first-order chi connectivity index (χ1) is 12.4. The molecule has 0 saturated carbocycles. The van der Waals surface area contributed by atoms with E-state index in [2.05, 4.69) is 22.5 Å². The van der Waals surface area contributed by atoms with Crippen molar-refractivity contribution in [2.75, 3.05) is 32.0 Å². The van der Waals surface area contributed by atoms with Gasteiger partial charge in [0.2, 0.25) is 0 Å². The van der Waals surface area contributed by atoms with Crippen molar-refractivity contribution in [1.29, 1.82) is 0 Å². The Bertz CT molecular complexity index is 675. The van der Waals surface area contributed by atoms with Crippen LogP contribution in [0.25, 0.3) is 0 Å². The second-order valence-corrected chi connectivity index (χ2v) is 9.14. The lowest BCUT2D eigenvalue weighted by Gasteiger charge is -2.21. The number of guanidine groups is 1. The van der Waals surface area contributed by atoms with Crippen molar-refractivity contribution >= 4 is 39.8 Å². The molecule has 8 heteroatoms. The van der Waals surface area contributed by atoms with Crippen LogP contribution in [0.15, 0.2) is 35.3 Å². The van der Waals surface area contributed by atoms with Crippen LogP contribution in [0.2, 0.25) is 0 Å². The van der Waals surface area contributed by atoms with Gasteiger partial charge in [0, 0.05) is 19.7 Å². The van der Waals surface area contributed by atoms with E-state index in [4.69, 9.17) is 4.74 Å². The normalized spacial score (nSPS) is 20.1. The van der Waals surface area contributed by atoms with E-state index in [9.17, 15) is 8.42 Å². The Kier molecular flexibility index (Phi) is 10.6. The molecule has 0 bridgehead atoms. The van der Waals surface area contributed by atoms with Gasteiger partial charge in [-0.3, -0.25) is 4.99 Å². The topological polar surface area (TPSA) is 79.8 Å². The Balaban J connectivity index is 0.00000364. The smallest absolute Gasteiger partial charge is 0.191 e. The first-order valence-electron chi connectivity index (χ1n) is 9.33. The van der Waals surface area contributed by atoms with Crippen LogP contribution in [0.4, 0.5) is 0 Å². The molecule has 0 radical (unpaired) electrons. The molecule has 1 atom stereocenters. The lowest BCUT2D eigenvalue weighted by Crippen LogP contribution is -2.40. The van der Waals surface area contributed by atoms with Crippen molar-refractivity contribution < 1.29 is 13.2 Å². The number of nitrogens with zero attached hydrogens (tertiary/aromatic N) is 1. The van der Waals surface area contributed by atoms with E-state index in [-0.39, 0.29) is 41.1 Å². The largest absolute Gasteiger partial charge is 0.373 e. The molecule has 0 aromatic heterocycles. The summed E-state index contributed by atoms with van der Waals surface area (Å²) in [6.07, 6.45) is 2.65. The average molecular weight is 509 g/mol. The highest BCUT2D eigenvalue weighted by Crippen LogP contribution is 2.24. The molecule has 27 heavy (non-hydrogen) atoms. The van der Waals surface area contributed by atoms with Crippen molar-refractivity contribution in [2.24, 2.45) is 4.99 Å². The maximum Gasteiger partial charge on any atom is 0.191 e. The van der Waals surface area contributed by atoms with Crippen LogP contribution < -0.4 is 10.6 Å². The molecule has 1 aliphatic rings. The Hall–Kier alpha value is -0.870. The molecular weight excluding hydrogens is 477 g/mol. The number of sulfone groups is 1. The fourth-order valence-electron chi connectivity index (χ4n) is 2.95. The monoisotopic (exact) mass is 509 g/mol. The van der Waals surface area contributed by atoms with Crippen molar-refractivity contribution in [3.63, 3.8) is 0 Å². The third kappa shape index (κ3) is 9.25. The molecule has 1 aromatic carbocycles. The molecule has 2 rings (SSSR count). The van der Waals surface area contributed by atoms with E-state index in [0.717, 1.165) is 31.6 Å². The number of rotatable bonds is 9. The van der Waals surface area contributed by atoms with Crippen LogP contribution in [0.5, 0.6) is 0 Å². The van der Waals surface area contributed by atoms with Crippen LogP contribution >= 0.6 is 24.0 Å². The lowest BCUT2D eigenvalue weighted by atomic mass is 10.0. The van der Waals surface area contributed by atoms with Crippen molar-refractivity contribution in [3.8, 4) is 0 Å². The van der Waals surface area contributed by atoms with Gasteiger partial charge in [-0.2, -0.15) is 0 Å². The summed E-state index contributed by atoms with van der Waals surface area (Å²) in [7, 11) is -3.10. The number of ether oxygens (including phenoxy) is 1. The molecular formula is C19H32IN3O3S. The zero-order valence-electron chi connectivity index (χ0n) is 16.2. The quantitative estimate of drug-likeness (QED) is 0.232. The van der Waals surface area contributed by atoms with Crippen LogP contribution in [0.1, 0.15) is 38.7 Å². The highest BCUT2D eigenvalue weighted by molar-refractivity contribution is 14.0. The Labute approximate surface area is 180 Å². The van der Waals surface area contributed by atoms with Gasteiger partial charge in [0.25, 0.3) is 0 Å². The lowest BCUT2D eigenvalue weighted by molar-refractivity contribution is 0.0283. The van der Waals surface area contributed by atoms with Crippen LogP contribution in [0, 0.1) is 0 Å². The van der Waals surface area contributed by atoms with Crippen molar-refractivity contribution in [3.05, 3.63) is 35.9 Å². The fraction of sp³-hybridized carbons (Fsp3) is 0.632. The van der Waals surface area contributed by atoms with Crippen LogP contribution in [-0.4, -0.2) is 52.0 Å². The van der Waals surface area contributed by atoms with Gasteiger partial charge >= 0.3 is 0 Å². The van der Waals surface area contributed by atoms with E-state index in [1.807, 2.05) is 37.3 Å². The van der Waals surface area contributed by atoms with Gasteiger partial charge in [-0.1, -0.05) is 30.3 Å². The fourth-order valence-corrected chi connectivity index (χ4v) is 4.38. The van der Waals surface area contributed by atoms with Gasteiger partial charge in [-0.05, 0) is 38.7 Å². The van der Waals surface area contributed by atoms with E-state index in [0.29, 0.717) is 25.5 Å². The second-order valence-electron chi connectivity index (χ2n) is 6.96. The highest BCUT2D eigenvalue weighted by Gasteiger charge is 2.29. The van der Waals surface area contributed by atoms with E-state index in [1.165, 1.54) is 0 Å². The molecule has 1 fully saturated rings. The summed E-state index contributed by atoms with van der Waals surface area (Å²) in [5.41, 5.74) is 0.654. The standard InChI is InChI=1S/C19H31N3O3S.HI/c1-3-20-18(22-16-19(2)11-7-13-25-19)21-12-8-14-26(23,24)15-17-9-5-4-6-10-17;/h4-6,9-10H,3,7-8,11-16H2,1-2H3,(H2,20,21,22);1H. The molecule has 1 unspecified atom stereocenters. The minimum atomic E-state index is -3.10. The van der Waals surface area contributed by atoms with Gasteiger partial charge in [-0.25, -0.2) is 8.42 Å². The first kappa shape index (κ1) is 24.2. The van der Waals surface area contributed by atoms with Crippen LogP contribution in [0.3, 0.4) is 0 Å². The predicted octanol–water partition coefficient (Wildman–Crippen LogP) is 2.73. The van der Waals surface area contributed by atoms with Crippen molar-refractivity contribution in [1.82, 2.24) is 10.6 Å². The summed E-state index contributed by atoms with van der Waals surface area (Å²) in [5, 5.41) is 6.41. The molecule has 0 spiro atoms. The minimum absolute atomic E-state index is 0. The number of hydrogen-bond donors (Lipinski definition) is 2. The molecule has 0 amide bonds. The third-order valence-corrected chi connectivity index (χ3v) is 6.05. The molecule has 0 aliphatic carbocycles. The summed E-state index contributed by atoms with van der Waals surface area (Å²) in [6, 6.07) is 9.30. The molecule has 1 saturated heterocycles. The average Bonchev–Trinajstić information content (AvgIpc) is 3.04. The van der Waals surface area contributed by atoms with Gasteiger partial charge in [0.1, 0.15) is 0 Å². The van der Waals surface area contributed by atoms with E-state index < -0.39 is 9.84 Å². The number of benzene rings is 1. The number of nitrogens with one attached hydrogen (secondary N) is 2. The summed E-state index contributed by atoms with van der Waals surface area (Å²) in [5.74, 6) is 0.969. The second kappa shape index (κ2) is 11.9. The first-order valence-corrected chi connectivity index (χ1v) is 11.2. The highest BCUT2D eigenvalue weighted by atomic mass is 127. The van der Waals surface area contributed by atoms with Gasteiger partial charge < -0.3 is 15.4 Å². The summed E-state index contributed by atoms with van der Waals surface area (Å²) >= 11 is 0. The zero-order valence-corrected chi connectivity index (χ0v) is 19.4. The Morgan fingerprint density at radius 1 is 1.26 bits per heavy atom. The molecule has 154 valence electrons. The maximum atomic E-state index is 12.2. The SMILES string of the molecule is CCNC(=NCC1(C)CCCO1)NCCCS(=O)(=O)Cc1ccccc1.I. The summed E-state index contributed by atoms with van der Waals surface area (Å²) < 4.78 is 30.2. The van der Waals surface area contributed by atoms with Gasteiger partial charge in [0.15, 0.2) is 15.8 Å². The summed E-state index contributed by atoms with van der Waals surface area (Å²) in [6.45, 7) is 6.83. The minimum Gasteiger partial charge on any atom is -0.373 e. The van der Waals surface area contributed by atoms with E-state index >= 15 is 0 Å². The van der Waals surface area contributed by atoms with Crippen LogP contribution in [-0.2, 0) is 20.3 Å². The Morgan fingerprint density at radius 3 is 2.63 bits per heavy atom.